The highest BCUT2D eigenvalue weighted by Gasteiger charge is 2.20. The van der Waals surface area contributed by atoms with Crippen LogP contribution >= 0.6 is 0 Å². The van der Waals surface area contributed by atoms with Crippen molar-refractivity contribution in [3.8, 4) is 0 Å². The van der Waals surface area contributed by atoms with Crippen LogP contribution in [-0.4, -0.2) is 41.2 Å². The van der Waals surface area contributed by atoms with Crippen LogP contribution in [0.2, 0.25) is 0 Å². The van der Waals surface area contributed by atoms with E-state index in [0.717, 1.165) is 25.9 Å². The molecule has 18 heavy (non-hydrogen) atoms. The number of carbonyl (C=O) groups excluding carboxylic acids is 1. The smallest absolute Gasteiger partial charge is 0.329 e. The van der Waals surface area contributed by atoms with Crippen LogP contribution < -0.4 is 10.7 Å². The average Bonchev–Trinajstić information content (AvgIpc) is 2.28. The van der Waals surface area contributed by atoms with Crippen molar-refractivity contribution in [1.82, 2.24) is 15.8 Å². The fraction of sp³-hybridized carbons (Fsp3) is 0.833. The van der Waals surface area contributed by atoms with Crippen LogP contribution in [0, 0.1) is 5.92 Å². The molecule has 104 valence electrons. The van der Waals surface area contributed by atoms with E-state index in [1.807, 2.05) is 18.9 Å². The lowest BCUT2D eigenvalue weighted by atomic mass is 10.0. The summed E-state index contributed by atoms with van der Waals surface area (Å²) in [6.45, 7) is 5.51. The number of carbonyl (C=O) groups is 2. The van der Waals surface area contributed by atoms with Crippen LogP contribution in [0.1, 0.15) is 39.5 Å². The molecule has 0 aromatic rings. The molecule has 1 unspecified atom stereocenters. The predicted molar refractivity (Wildman–Crippen MR) is 68.0 cm³/mol. The van der Waals surface area contributed by atoms with Crippen molar-refractivity contribution in [2.24, 2.45) is 5.92 Å². The van der Waals surface area contributed by atoms with Crippen molar-refractivity contribution in [1.29, 1.82) is 0 Å². The molecule has 0 spiro atoms. The number of carboxylic acid groups (broad SMARTS) is 1. The third-order valence-corrected chi connectivity index (χ3v) is 3.13. The first-order valence-electron chi connectivity index (χ1n) is 6.53. The number of hydrogen-bond donors (Lipinski definition) is 3. The molecule has 0 radical (unpaired) electrons. The number of carboxylic acids is 1. The number of nitrogens with one attached hydrogen (secondary N) is 2. The highest BCUT2D eigenvalue weighted by molar-refractivity contribution is 5.75. The van der Waals surface area contributed by atoms with Gasteiger partial charge in [0, 0.05) is 19.1 Å². The SMILES string of the molecule is CC(C)C(CC(=O)O)NC(=O)NN1CCCCC1. The second-order valence-corrected chi connectivity index (χ2v) is 5.08. The summed E-state index contributed by atoms with van der Waals surface area (Å²) in [7, 11) is 0. The van der Waals surface area contributed by atoms with E-state index in [1.165, 1.54) is 6.42 Å². The molecule has 1 aliphatic heterocycles. The predicted octanol–water partition coefficient (Wildman–Crippen LogP) is 1.19. The van der Waals surface area contributed by atoms with Gasteiger partial charge in [-0.3, -0.25) is 10.2 Å². The van der Waals surface area contributed by atoms with E-state index in [4.69, 9.17) is 5.11 Å². The number of amides is 2. The van der Waals surface area contributed by atoms with Gasteiger partial charge in [-0.2, -0.15) is 0 Å². The lowest BCUT2D eigenvalue weighted by molar-refractivity contribution is -0.137. The first-order chi connectivity index (χ1) is 8.49. The van der Waals surface area contributed by atoms with E-state index in [2.05, 4.69) is 10.7 Å². The number of urea groups is 1. The molecule has 1 rings (SSSR count). The second kappa shape index (κ2) is 7.20. The molecular formula is C12H23N3O3. The van der Waals surface area contributed by atoms with E-state index >= 15 is 0 Å². The van der Waals surface area contributed by atoms with Crippen LogP contribution in [-0.2, 0) is 4.79 Å². The highest BCUT2D eigenvalue weighted by atomic mass is 16.4. The Morgan fingerprint density at radius 1 is 1.22 bits per heavy atom. The molecule has 3 N–H and O–H groups in total. The monoisotopic (exact) mass is 257 g/mol. The molecule has 0 aliphatic carbocycles. The molecule has 6 nitrogen and oxygen atoms in total. The fourth-order valence-electron chi connectivity index (χ4n) is 1.99. The maximum absolute atomic E-state index is 11.8. The lowest BCUT2D eigenvalue weighted by Crippen LogP contribution is -2.52. The minimum atomic E-state index is -0.896. The molecule has 6 heteroatoms. The van der Waals surface area contributed by atoms with E-state index in [-0.39, 0.29) is 24.4 Å². The summed E-state index contributed by atoms with van der Waals surface area (Å²) in [5.41, 5.74) is 2.77. The van der Waals surface area contributed by atoms with Gasteiger partial charge in [-0.25, -0.2) is 9.80 Å². The summed E-state index contributed by atoms with van der Waals surface area (Å²) in [5.74, 6) is -0.805. The van der Waals surface area contributed by atoms with Crippen LogP contribution in [0.25, 0.3) is 0 Å². The number of aliphatic carboxylic acids is 1. The quantitative estimate of drug-likeness (QED) is 0.691. The molecular weight excluding hydrogens is 234 g/mol. The van der Waals surface area contributed by atoms with Crippen LogP contribution in [0.15, 0.2) is 0 Å². The van der Waals surface area contributed by atoms with Gasteiger partial charge >= 0.3 is 12.0 Å². The number of piperidine rings is 1. The van der Waals surface area contributed by atoms with Crippen molar-refractivity contribution in [3.63, 3.8) is 0 Å². The molecule has 1 fully saturated rings. The number of hydrazine groups is 1. The first-order valence-corrected chi connectivity index (χ1v) is 6.53. The third kappa shape index (κ3) is 5.35. The molecule has 1 saturated heterocycles. The third-order valence-electron chi connectivity index (χ3n) is 3.13. The lowest BCUT2D eigenvalue weighted by Gasteiger charge is -2.28. The Bertz CT molecular complexity index is 288. The highest BCUT2D eigenvalue weighted by Crippen LogP contribution is 2.07. The summed E-state index contributed by atoms with van der Waals surface area (Å²) >= 11 is 0. The zero-order valence-corrected chi connectivity index (χ0v) is 11.1. The minimum absolute atomic E-state index is 0.0505. The van der Waals surface area contributed by atoms with Gasteiger partial charge in [0.1, 0.15) is 0 Å². The molecule has 0 aromatic carbocycles. The van der Waals surface area contributed by atoms with Gasteiger partial charge in [0.15, 0.2) is 0 Å². The van der Waals surface area contributed by atoms with Crippen molar-refractivity contribution in [2.45, 2.75) is 45.6 Å². The zero-order valence-electron chi connectivity index (χ0n) is 11.1. The zero-order chi connectivity index (χ0) is 13.5. The Hall–Kier alpha value is -1.30. The summed E-state index contributed by atoms with van der Waals surface area (Å²) in [5, 5.41) is 13.4. The van der Waals surface area contributed by atoms with Gasteiger partial charge in [0.2, 0.25) is 0 Å². The molecule has 1 aliphatic rings. The molecule has 0 saturated carbocycles. The van der Waals surface area contributed by atoms with Gasteiger partial charge < -0.3 is 10.4 Å². The van der Waals surface area contributed by atoms with E-state index in [1.54, 1.807) is 0 Å². The van der Waals surface area contributed by atoms with Crippen molar-refractivity contribution in [2.75, 3.05) is 13.1 Å². The van der Waals surface area contributed by atoms with Crippen molar-refractivity contribution >= 4 is 12.0 Å². The van der Waals surface area contributed by atoms with Gasteiger partial charge in [0.25, 0.3) is 0 Å². The van der Waals surface area contributed by atoms with E-state index < -0.39 is 5.97 Å². The molecule has 0 bridgehead atoms. The van der Waals surface area contributed by atoms with Gasteiger partial charge in [0.05, 0.1) is 6.42 Å². The fourth-order valence-corrected chi connectivity index (χ4v) is 1.99. The van der Waals surface area contributed by atoms with Crippen LogP contribution in [0.4, 0.5) is 4.79 Å². The number of rotatable bonds is 5. The maximum atomic E-state index is 11.8. The molecule has 0 aromatic heterocycles. The van der Waals surface area contributed by atoms with Gasteiger partial charge in [-0.05, 0) is 18.8 Å². The number of hydrogen-bond acceptors (Lipinski definition) is 3. The van der Waals surface area contributed by atoms with Crippen molar-refractivity contribution in [3.05, 3.63) is 0 Å². The van der Waals surface area contributed by atoms with E-state index in [9.17, 15) is 9.59 Å². The second-order valence-electron chi connectivity index (χ2n) is 5.08. The topological polar surface area (TPSA) is 81.7 Å². The maximum Gasteiger partial charge on any atom is 0.329 e. The Labute approximate surface area is 108 Å². The standard InChI is InChI=1S/C12H23N3O3/c1-9(2)10(8-11(16)17)13-12(18)14-15-6-4-3-5-7-15/h9-10H,3-8H2,1-2H3,(H,16,17)(H2,13,14,18). The Kier molecular flexibility index (Phi) is 5.91. The van der Waals surface area contributed by atoms with Gasteiger partial charge in [-0.1, -0.05) is 20.3 Å². The summed E-state index contributed by atoms with van der Waals surface area (Å²) < 4.78 is 0. The molecule has 1 heterocycles. The Balaban J connectivity index is 2.37. The number of nitrogens with zero attached hydrogens (tertiary/aromatic N) is 1. The first kappa shape index (κ1) is 14.8. The van der Waals surface area contributed by atoms with E-state index in [0.29, 0.717) is 0 Å². The Morgan fingerprint density at radius 2 is 1.83 bits per heavy atom. The average molecular weight is 257 g/mol. The molecule has 2 amide bonds. The summed E-state index contributed by atoms with van der Waals surface area (Å²) in [6.07, 6.45) is 3.32. The molecule has 1 atom stereocenters. The largest absolute Gasteiger partial charge is 0.481 e. The van der Waals surface area contributed by atoms with Crippen LogP contribution in [0.5, 0.6) is 0 Å². The summed E-state index contributed by atoms with van der Waals surface area (Å²) in [6, 6.07) is -0.649. The summed E-state index contributed by atoms with van der Waals surface area (Å²) in [4.78, 5) is 22.5. The van der Waals surface area contributed by atoms with Crippen molar-refractivity contribution < 1.29 is 14.7 Å². The minimum Gasteiger partial charge on any atom is -0.481 e. The normalized spacial score (nSPS) is 18.4. The Morgan fingerprint density at radius 3 is 2.33 bits per heavy atom. The van der Waals surface area contributed by atoms with Gasteiger partial charge in [-0.15, -0.1) is 0 Å². The van der Waals surface area contributed by atoms with Crippen LogP contribution in [0.3, 0.4) is 0 Å².